The standard InChI is InChI=1S/C21H19N3O6S/c1-4-30-21(26)14-11-12-18-15(24(2)20(12)25)10-9-13(19(18)22-14)23-31(27,28)17-8-6-5-7-16(17)29-3/h5-11,23H,4H2,1-3H3. The number of benzene rings is 2. The van der Waals surface area contributed by atoms with Crippen molar-refractivity contribution in [2.75, 3.05) is 30.4 Å². The fourth-order valence-corrected chi connectivity index (χ4v) is 4.73. The van der Waals surface area contributed by atoms with E-state index in [1.54, 1.807) is 32.2 Å². The molecule has 0 spiro atoms. The minimum atomic E-state index is -4.05. The summed E-state index contributed by atoms with van der Waals surface area (Å²) in [5, 5.41) is 0.459. The number of carbonyl (C=O) groups is 2. The van der Waals surface area contributed by atoms with Crippen LogP contribution in [0.25, 0.3) is 10.9 Å². The van der Waals surface area contributed by atoms with Crippen molar-refractivity contribution in [3.05, 3.63) is 53.7 Å². The van der Waals surface area contributed by atoms with Crippen LogP contribution in [-0.2, 0) is 14.8 Å². The number of rotatable bonds is 6. The average Bonchev–Trinajstić information content (AvgIpc) is 3.01. The van der Waals surface area contributed by atoms with E-state index in [1.807, 2.05) is 0 Å². The number of methoxy groups -OCH3 is 1. The van der Waals surface area contributed by atoms with Gasteiger partial charge in [0.1, 0.15) is 16.3 Å². The minimum Gasteiger partial charge on any atom is -0.495 e. The second kappa shape index (κ2) is 7.55. The fourth-order valence-electron chi connectivity index (χ4n) is 3.49. The van der Waals surface area contributed by atoms with E-state index in [0.29, 0.717) is 11.1 Å². The first-order valence-corrected chi connectivity index (χ1v) is 10.9. The molecule has 1 N–H and O–H groups in total. The number of esters is 1. The monoisotopic (exact) mass is 441 g/mol. The highest BCUT2D eigenvalue weighted by Crippen LogP contribution is 2.40. The third kappa shape index (κ3) is 3.34. The maximum Gasteiger partial charge on any atom is 0.356 e. The Morgan fingerprint density at radius 1 is 1.19 bits per heavy atom. The molecule has 1 amide bonds. The van der Waals surface area contributed by atoms with Crippen molar-refractivity contribution in [2.45, 2.75) is 11.8 Å². The molecule has 0 atom stereocenters. The molecule has 10 heteroatoms. The first kappa shape index (κ1) is 20.6. The summed E-state index contributed by atoms with van der Waals surface area (Å²) in [6.45, 7) is 1.79. The van der Waals surface area contributed by atoms with E-state index in [0.717, 1.165) is 0 Å². The topological polar surface area (TPSA) is 115 Å². The molecular weight excluding hydrogens is 422 g/mol. The Morgan fingerprint density at radius 2 is 1.94 bits per heavy atom. The molecule has 1 aliphatic heterocycles. The lowest BCUT2D eigenvalue weighted by Crippen LogP contribution is -2.21. The second-order valence-corrected chi connectivity index (χ2v) is 8.40. The summed E-state index contributed by atoms with van der Waals surface area (Å²) in [4.78, 5) is 30.7. The first-order valence-electron chi connectivity index (χ1n) is 9.37. The van der Waals surface area contributed by atoms with Crippen LogP contribution >= 0.6 is 0 Å². The first-order chi connectivity index (χ1) is 14.8. The summed E-state index contributed by atoms with van der Waals surface area (Å²) in [6.07, 6.45) is 0. The van der Waals surface area contributed by atoms with Crippen molar-refractivity contribution in [3.63, 3.8) is 0 Å². The number of amides is 1. The van der Waals surface area contributed by atoms with Crippen molar-refractivity contribution in [2.24, 2.45) is 0 Å². The molecule has 0 aliphatic carbocycles. The maximum atomic E-state index is 13.1. The Hall–Kier alpha value is -3.66. The molecule has 4 rings (SSSR count). The van der Waals surface area contributed by atoms with Gasteiger partial charge >= 0.3 is 5.97 Å². The van der Waals surface area contributed by atoms with Crippen molar-refractivity contribution >= 4 is 44.2 Å². The maximum absolute atomic E-state index is 13.1. The molecule has 9 nitrogen and oxygen atoms in total. The Bertz CT molecular complexity index is 1340. The number of nitrogens with zero attached hydrogens (tertiary/aromatic N) is 2. The van der Waals surface area contributed by atoms with Crippen LogP contribution in [0.15, 0.2) is 47.4 Å². The molecule has 1 aliphatic rings. The molecule has 0 fully saturated rings. The van der Waals surface area contributed by atoms with Gasteiger partial charge in [-0.25, -0.2) is 18.2 Å². The largest absolute Gasteiger partial charge is 0.495 e. The molecule has 31 heavy (non-hydrogen) atoms. The van der Waals surface area contributed by atoms with Crippen LogP contribution in [0.5, 0.6) is 5.75 Å². The lowest BCUT2D eigenvalue weighted by atomic mass is 10.1. The lowest BCUT2D eigenvalue weighted by molar-refractivity contribution is 0.0520. The number of carbonyl (C=O) groups excluding carboxylic acids is 2. The molecule has 0 radical (unpaired) electrons. The predicted molar refractivity (Wildman–Crippen MR) is 114 cm³/mol. The summed E-state index contributed by atoms with van der Waals surface area (Å²) >= 11 is 0. The van der Waals surface area contributed by atoms with Crippen molar-refractivity contribution in [1.29, 1.82) is 0 Å². The van der Waals surface area contributed by atoms with Gasteiger partial charge in [0.15, 0.2) is 0 Å². The Kier molecular flexibility index (Phi) is 5.02. The number of hydrogen-bond donors (Lipinski definition) is 1. The van der Waals surface area contributed by atoms with Crippen molar-refractivity contribution in [1.82, 2.24) is 4.98 Å². The van der Waals surface area contributed by atoms with Gasteiger partial charge in [-0.2, -0.15) is 0 Å². The number of pyridine rings is 1. The van der Waals surface area contributed by atoms with Crippen molar-refractivity contribution in [3.8, 4) is 5.75 Å². The van der Waals surface area contributed by atoms with E-state index in [2.05, 4.69) is 9.71 Å². The van der Waals surface area contributed by atoms with Gasteiger partial charge in [-0.05, 0) is 37.3 Å². The normalized spacial score (nSPS) is 12.9. The smallest absolute Gasteiger partial charge is 0.356 e. The fraction of sp³-hybridized carbons (Fsp3) is 0.190. The van der Waals surface area contributed by atoms with Gasteiger partial charge in [0.2, 0.25) is 0 Å². The number of aromatic nitrogens is 1. The van der Waals surface area contributed by atoms with E-state index in [1.165, 1.54) is 36.3 Å². The average molecular weight is 441 g/mol. The van der Waals surface area contributed by atoms with Crippen LogP contribution in [0.1, 0.15) is 27.8 Å². The summed E-state index contributed by atoms with van der Waals surface area (Å²) in [5.74, 6) is -0.847. The molecule has 3 aromatic rings. The zero-order chi connectivity index (χ0) is 22.3. The Morgan fingerprint density at radius 3 is 2.65 bits per heavy atom. The van der Waals surface area contributed by atoms with Gasteiger partial charge in [-0.1, -0.05) is 12.1 Å². The van der Waals surface area contributed by atoms with E-state index in [-0.39, 0.29) is 45.6 Å². The lowest BCUT2D eigenvalue weighted by Gasteiger charge is -2.14. The molecule has 0 saturated heterocycles. The number of anilines is 2. The molecule has 0 saturated carbocycles. The van der Waals surface area contributed by atoms with Crippen LogP contribution in [0.4, 0.5) is 11.4 Å². The van der Waals surface area contributed by atoms with Gasteiger partial charge < -0.3 is 14.4 Å². The number of sulfonamides is 1. The quantitative estimate of drug-likeness (QED) is 0.585. The third-order valence-electron chi connectivity index (χ3n) is 4.92. The summed E-state index contributed by atoms with van der Waals surface area (Å²) < 4.78 is 38.8. The highest BCUT2D eigenvalue weighted by molar-refractivity contribution is 7.92. The van der Waals surface area contributed by atoms with E-state index >= 15 is 0 Å². The van der Waals surface area contributed by atoms with Gasteiger partial charge in [0.25, 0.3) is 15.9 Å². The number of nitrogens with one attached hydrogen (secondary N) is 1. The Labute approximate surface area is 178 Å². The SMILES string of the molecule is CCOC(=O)c1cc2c3c(ccc(NS(=O)(=O)c4ccccc4OC)c3n1)N(C)C2=O. The van der Waals surface area contributed by atoms with Crippen LogP contribution < -0.4 is 14.4 Å². The van der Waals surface area contributed by atoms with Crippen LogP contribution in [0.2, 0.25) is 0 Å². The Balaban J connectivity index is 1.91. The molecule has 1 aromatic heterocycles. The van der Waals surface area contributed by atoms with Gasteiger partial charge in [0.05, 0.1) is 36.2 Å². The van der Waals surface area contributed by atoms with Gasteiger partial charge in [0, 0.05) is 12.4 Å². The van der Waals surface area contributed by atoms with E-state index in [9.17, 15) is 18.0 Å². The second-order valence-electron chi connectivity index (χ2n) is 6.75. The predicted octanol–water partition coefficient (Wildman–Crippen LogP) is 2.81. The van der Waals surface area contributed by atoms with E-state index < -0.39 is 16.0 Å². The number of hydrogen-bond acceptors (Lipinski definition) is 7. The summed E-state index contributed by atoms with van der Waals surface area (Å²) in [7, 11) is -1.08. The molecular formula is C21H19N3O6S. The number of ether oxygens (including phenoxy) is 2. The summed E-state index contributed by atoms with van der Waals surface area (Å²) in [5.41, 5.74) is 1.04. The number of para-hydroxylation sites is 1. The highest BCUT2D eigenvalue weighted by Gasteiger charge is 2.31. The molecule has 2 heterocycles. The third-order valence-corrected chi connectivity index (χ3v) is 6.33. The molecule has 2 aromatic carbocycles. The van der Waals surface area contributed by atoms with Crippen LogP contribution in [0.3, 0.4) is 0 Å². The minimum absolute atomic E-state index is 0.0560. The molecule has 0 bridgehead atoms. The zero-order valence-corrected chi connectivity index (χ0v) is 17.8. The zero-order valence-electron chi connectivity index (χ0n) is 17.0. The van der Waals surface area contributed by atoms with Crippen LogP contribution in [0, 0.1) is 0 Å². The van der Waals surface area contributed by atoms with Crippen LogP contribution in [-0.4, -0.2) is 46.0 Å². The van der Waals surface area contributed by atoms with E-state index in [4.69, 9.17) is 9.47 Å². The van der Waals surface area contributed by atoms with Gasteiger partial charge in [-0.15, -0.1) is 0 Å². The molecule has 0 unspecified atom stereocenters. The molecule has 160 valence electrons. The highest BCUT2D eigenvalue weighted by atomic mass is 32.2. The summed E-state index contributed by atoms with van der Waals surface area (Å²) in [6, 6.07) is 10.7. The van der Waals surface area contributed by atoms with Gasteiger partial charge in [-0.3, -0.25) is 9.52 Å². The van der Waals surface area contributed by atoms with Crippen molar-refractivity contribution < 1.29 is 27.5 Å².